The van der Waals surface area contributed by atoms with E-state index in [4.69, 9.17) is 11.0 Å². The first kappa shape index (κ1) is 13.5. The topological polar surface area (TPSA) is 108 Å². The minimum Gasteiger partial charge on any atom is -0.364 e. The third kappa shape index (κ3) is 2.43. The van der Waals surface area contributed by atoms with Gasteiger partial charge in [0.15, 0.2) is 5.69 Å². The van der Waals surface area contributed by atoms with E-state index in [-0.39, 0.29) is 5.69 Å². The number of primary amides is 1. The van der Waals surface area contributed by atoms with Crippen LogP contribution >= 0.6 is 0 Å². The number of amides is 1. The summed E-state index contributed by atoms with van der Waals surface area (Å²) in [6.07, 6.45) is 0. The monoisotopic (exact) mass is 289 g/mol. The first-order valence-electron chi connectivity index (χ1n) is 6.50. The smallest absolute Gasteiger partial charge is 0.271 e. The number of hydrogen-bond acceptors (Lipinski definition) is 4. The Balaban J connectivity index is 1.94. The Hall–Kier alpha value is -3.46. The summed E-state index contributed by atoms with van der Waals surface area (Å²) in [6.45, 7) is 0. The van der Waals surface area contributed by atoms with Gasteiger partial charge in [-0.05, 0) is 23.3 Å². The standard InChI is InChI=1S/C16H11N5O/c17-9-10-1-3-11(4-2-10)12-5-7-13(8-6-12)14-15(16(18)22)20-21-19-14/h1-8H,(H2,18,22)(H,19,20,21). The lowest BCUT2D eigenvalue weighted by Crippen LogP contribution is -2.12. The molecule has 6 nitrogen and oxygen atoms in total. The van der Waals surface area contributed by atoms with Crippen LogP contribution < -0.4 is 5.73 Å². The Morgan fingerprint density at radius 2 is 1.50 bits per heavy atom. The van der Waals surface area contributed by atoms with Crippen LogP contribution in [0, 0.1) is 11.3 Å². The first-order chi connectivity index (χ1) is 10.7. The zero-order valence-electron chi connectivity index (χ0n) is 11.4. The van der Waals surface area contributed by atoms with Crippen molar-refractivity contribution in [2.75, 3.05) is 0 Å². The minimum absolute atomic E-state index is 0.117. The molecule has 2 aromatic carbocycles. The summed E-state index contributed by atoms with van der Waals surface area (Å²) < 4.78 is 0. The van der Waals surface area contributed by atoms with Crippen LogP contribution in [0.5, 0.6) is 0 Å². The predicted molar refractivity (Wildman–Crippen MR) is 80.5 cm³/mol. The second-order valence-electron chi connectivity index (χ2n) is 4.65. The molecular formula is C16H11N5O. The molecule has 3 N–H and O–H groups in total. The highest BCUT2D eigenvalue weighted by Gasteiger charge is 2.14. The van der Waals surface area contributed by atoms with Crippen LogP contribution in [-0.4, -0.2) is 21.3 Å². The van der Waals surface area contributed by atoms with Crippen molar-refractivity contribution in [3.63, 3.8) is 0 Å². The van der Waals surface area contributed by atoms with E-state index in [1.807, 2.05) is 36.4 Å². The number of nitrogens with zero attached hydrogens (tertiary/aromatic N) is 3. The van der Waals surface area contributed by atoms with Crippen LogP contribution in [0.1, 0.15) is 16.1 Å². The summed E-state index contributed by atoms with van der Waals surface area (Å²) >= 11 is 0. The van der Waals surface area contributed by atoms with Crippen molar-refractivity contribution >= 4 is 5.91 Å². The van der Waals surface area contributed by atoms with E-state index in [2.05, 4.69) is 21.5 Å². The molecule has 3 aromatic rings. The molecule has 106 valence electrons. The molecule has 3 rings (SSSR count). The van der Waals surface area contributed by atoms with E-state index in [0.717, 1.165) is 16.7 Å². The summed E-state index contributed by atoms with van der Waals surface area (Å²) in [6, 6.07) is 16.9. The third-order valence-electron chi connectivity index (χ3n) is 3.29. The van der Waals surface area contributed by atoms with Crippen molar-refractivity contribution in [2.24, 2.45) is 5.73 Å². The molecule has 0 aliphatic carbocycles. The van der Waals surface area contributed by atoms with Gasteiger partial charge in [0.1, 0.15) is 5.69 Å². The van der Waals surface area contributed by atoms with E-state index in [9.17, 15) is 4.79 Å². The van der Waals surface area contributed by atoms with Gasteiger partial charge in [-0.15, -0.1) is 0 Å². The normalized spacial score (nSPS) is 10.1. The van der Waals surface area contributed by atoms with Gasteiger partial charge in [-0.3, -0.25) is 4.79 Å². The SMILES string of the molecule is N#Cc1ccc(-c2ccc(-c3n[nH]nc3C(N)=O)cc2)cc1. The summed E-state index contributed by atoms with van der Waals surface area (Å²) in [5.41, 5.74) is 9.17. The van der Waals surface area contributed by atoms with Crippen LogP contribution in [0.3, 0.4) is 0 Å². The Labute approximate surface area is 126 Å². The van der Waals surface area contributed by atoms with Crippen molar-refractivity contribution in [3.05, 3.63) is 59.8 Å². The Morgan fingerprint density at radius 3 is 2.05 bits per heavy atom. The number of nitriles is 1. The summed E-state index contributed by atoms with van der Waals surface area (Å²) in [5, 5.41) is 18.9. The molecule has 1 aromatic heterocycles. The van der Waals surface area contributed by atoms with Gasteiger partial charge in [0.25, 0.3) is 5.91 Å². The molecule has 0 atom stereocenters. The minimum atomic E-state index is -0.625. The largest absolute Gasteiger partial charge is 0.364 e. The zero-order chi connectivity index (χ0) is 15.5. The van der Waals surface area contributed by atoms with Gasteiger partial charge < -0.3 is 5.73 Å². The van der Waals surface area contributed by atoms with Gasteiger partial charge in [0.05, 0.1) is 11.6 Å². The number of nitrogens with one attached hydrogen (secondary N) is 1. The average molecular weight is 289 g/mol. The Kier molecular flexibility index (Phi) is 3.38. The van der Waals surface area contributed by atoms with E-state index in [1.165, 1.54) is 0 Å². The number of aromatic nitrogens is 3. The van der Waals surface area contributed by atoms with Gasteiger partial charge in [-0.1, -0.05) is 36.4 Å². The van der Waals surface area contributed by atoms with Gasteiger partial charge in [-0.2, -0.15) is 20.7 Å². The van der Waals surface area contributed by atoms with Crippen LogP contribution in [-0.2, 0) is 0 Å². The van der Waals surface area contributed by atoms with Crippen molar-refractivity contribution in [2.45, 2.75) is 0 Å². The van der Waals surface area contributed by atoms with Gasteiger partial charge in [0, 0.05) is 5.56 Å². The lowest BCUT2D eigenvalue weighted by Gasteiger charge is -2.03. The second-order valence-corrected chi connectivity index (χ2v) is 4.65. The van der Waals surface area contributed by atoms with Crippen molar-refractivity contribution in [1.82, 2.24) is 15.4 Å². The molecule has 0 saturated heterocycles. The fraction of sp³-hybridized carbons (Fsp3) is 0. The first-order valence-corrected chi connectivity index (χ1v) is 6.50. The molecule has 0 aliphatic heterocycles. The number of H-pyrrole nitrogens is 1. The molecule has 1 amide bonds. The van der Waals surface area contributed by atoms with Crippen LogP contribution in [0.2, 0.25) is 0 Å². The second kappa shape index (κ2) is 5.50. The molecule has 0 bridgehead atoms. The average Bonchev–Trinajstić information content (AvgIpc) is 3.05. The molecule has 22 heavy (non-hydrogen) atoms. The highest BCUT2D eigenvalue weighted by molar-refractivity contribution is 5.96. The van der Waals surface area contributed by atoms with Crippen LogP contribution in [0.15, 0.2) is 48.5 Å². The third-order valence-corrected chi connectivity index (χ3v) is 3.29. The number of carbonyl (C=O) groups excluding carboxylic acids is 1. The number of nitrogens with two attached hydrogens (primary N) is 1. The fourth-order valence-electron chi connectivity index (χ4n) is 2.16. The van der Waals surface area contributed by atoms with Crippen LogP contribution in [0.25, 0.3) is 22.4 Å². The molecule has 0 saturated carbocycles. The Bertz CT molecular complexity index is 857. The summed E-state index contributed by atoms with van der Waals surface area (Å²) in [4.78, 5) is 11.3. The van der Waals surface area contributed by atoms with Crippen LogP contribution in [0.4, 0.5) is 0 Å². The maximum Gasteiger partial charge on any atom is 0.271 e. The molecule has 0 fully saturated rings. The highest BCUT2D eigenvalue weighted by atomic mass is 16.1. The molecule has 1 heterocycles. The molecule has 0 aliphatic rings. The van der Waals surface area contributed by atoms with E-state index >= 15 is 0 Å². The summed E-state index contributed by atoms with van der Waals surface area (Å²) in [5.74, 6) is -0.625. The fourth-order valence-corrected chi connectivity index (χ4v) is 2.16. The summed E-state index contributed by atoms with van der Waals surface area (Å²) in [7, 11) is 0. The quantitative estimate of drug-likeness (QED) is 0.769. The number of hydrogen-bond donors (Lipinski definition) is 2. The molecule has 0 unspecified atom stereocenters. The van der Waals surface area contributed by atoms with Crippen molar-refractivity contribution < 1.29 is 4.79 Å². The molecule has 0 spiro atoms. The number of benzene rings is 2. The van der Waals surface area contributed by atoms with Crippen molar-refractivity contribution in [1.29, 1.82) is 5.26 Å². The maximum absolute atomic E-state index is 11.3. The molecule has 0 radical (unpaired) electrons. The number of carbonyl (C=O) groups is 1. The lowest BCUT2D eigenvalue weighted by atomic mass is 10.0. The Morgan fingerprint density at radius 1 is 0.955 bits per heavy atom. The number of rotatable bonds is 3. The molecule has 6 heteroatoms. The lowest BCUT2D eigenvalue weighted by molar-refractivity contribution is 0.0996. The maximum atomic E-state index is 11.3. The number of aromatic amines is 1. The van der Waals surface area contributed by atoms with E-state index < -0.39 is 5.91 Å². The van der Waals surface area contributed by atoms with E-state index in [0.29, 0.717) is 11.3 Å². The highest BCUT2D eigenvalue weighted by Crippen LogP contribution is 2.25. The van der Waals surface area contributed by atoms with E-state index in [1.54, 1.807) is 12.1 Å². The predicted octanol–water partition coefficient (Wildman–Crippen LogP) is 2.11. The van der Waals surface area contributed by atoms with Gasteiger partial charge in [-0.25, -0.2) is 0 Å². The van der Waals surface area contributed by atoms with Gasteiger partial charge in [0.2, 0.25) is 0 Å². The zero-order valence-corrected chi connectivity index (χ0v) is 11.4. The van der Waals surface area contributed by atoms with Crippen molar-refractivity contribution in [3.8, 4) is 28.5 Å². The van der Waals surface area contributed by atoms with Gasteiger partial charge >= 0.3 is 0 Å². The molecular weight excluding hydrogens is 278 g/mol.